The van der Waals surface area contributed by atoms with Gasteiger partial charge in [0.15, 0.2) is 0 Å². The molecule has 1 unspecified atom stereocenters. The molecule has 0 spiro atoms. The van der Waals surface area contributed by atoms with E-state index in [9.17, 15) is 0 Å². The van der Waals surface area contributed by atoms with Crippen LogP contribution in [0.5, 0.6) is 0 Å². The maximum atomic E-state index is 8.02. The predicted molar refractivity (Wildman–Crippen MR) is 193 cm³/mol. The Morgan fingerprint density at radius 1 is 0.682 bits per heavy atom. The van der Waals surface area contributed by atoms with Crippen molar-refractivity contribution in [3.8, 4) is 33.4 Å². The molecule has 0 nitrogen and oxygen atoms in total. The maximum absolute atomic E-state index is 8.02. The normalized spacial score (nSPS) is 16.2. The summed E-state index contributed by atoms with van der Waals surface area (Å²) in [6.07, 6.45) is 2.48. The Hall–Kier alpha value is -2.48. The van der Waals surface area contributed by atoms with Gasteiger partial charge < -0.3 is 0 Å². The van der Waals surface area contributed by atoms with Crippen molar-refractivity contribution in [2.45, 2.75) is 44.2 Å². The molecule has 1 heterocycles. The molecule has 1 aliphatic heterocycles. The van der Waals surface area contributed by atoms with Crippen molar-refractivity contribution in [1.29, 1.82) is 0 Å². The van der Waals surface area contributed by atoms with E-state index < -0.39 is 27.4 Å². The van der Waals surface area contributed by atoms with Crippen LogP contribution in [0.3, 0.4) is 0 Å². The summed E-state index contributed by atoms with van der Waals surface area (Å²) in [7, 11) is 15.4. The van der Waals surface area contributed by atoms with Crippen molar-refractivity contribution < 1.29 is 17.9 Å². The monoisotopic (exact) mass is 706 g/mol. The zero-order chi connectivity index (χ0) is 30.8. The Labute approximate surface area is 276 Å². The number of rotatable bonds is 5. The number of benzene rings is 5. The number of hydrogen-bond acceptors (Lipinski definition) is 0. The Morgan fingerprint density at radius 2 is 1.34 bits per heavy atom. The summed E-state index contributed by atoms with van der Waals surface area (Å²) in [5, 5.41) is 2.98. The first kappa shape index (κ1) is 30.2. The van der Waals surface area contributed by atoms with Crippen LogP contribution in [0.2, 0.25) is 0 Å². The van der Waals surface area contributed by atoms with Crippen molar-refractivity contribution >= 4 is 46.3 Å². The predicted octanol–water partition coefficient (Wildman–Crippen LogP) is 9.52. The zero-order valence-electron chi connectivity index (χ0n) is 26.1. The number of halogens is 2. The standard InChI is InChI=1S/C28H29.C12H9Si.2ClH.Zr/c1-19(2)23-13-9-10-14-25(23)27-24(20-11-7-6-8-12-20)16-15-21-17-22(18-26(21)27)28(3,4)5;1-3-7-11-9(5-1)10-6-2-4-8-12(10)13-11;;;/h6-19H,1-5H3;1-7H,13H2;2*1H;/q;;;;+2/p-2. The second-order valence-electron chi connectivity index (χ2n) is 13.7. The van der Waals surface area contributed by atoms with Crippen LogP contribution in [0, 0.1) is 5.41 Å². The summed E-state index contributed by atoms with van der Waals surface area (Å²) in [5.41, 5.74) is 13.1. The molecule has 0 amide bonds. The van der Waals surface area contributed by atoms with Gasteiger partial charge in [0.25, 0.3) is 0 Å². The number of fused-ring (bicyclic) bond motifs is 4. The minimum atomic E-state index is -4.13. The van der Waals surface area contributed by atoms with Crippen LogP contribution in [0.1, 0.15) is 60.9 Å². The quantitative estimate of drug-likeness (QED) is 0.157. The van der Waals surface area contributed by atoms with Crippen LogP contribution in [-0.2, 0) is 17.9 Å². The van der Waals surface area contributed by atoms with Crippen molar-refractivity contribution in [2.75, 3.05) is 0 Å². The molecule has 5 aromatic carbocycles. The van der Waals surface area contributed by atoms with Gasteiger partial charge in [-0.1, -0.05) is 0 Å². The number of hydrogen-bond donors (Lipinski definition) is 0. The topological polar surface area (TPSA) is 0 Å². The molecule has 0 N–H and O–H groups in total. The average molecular weight is 709 g/mol. The molecule has 1 atom stereocenters. The average Bonchev–Trinajstić information content (AvgIpc) is 3.61. The zero-order valence-corrected chi connectivity index (χ0v) is 31.5. The van der Waals surface area contributed by atoms with Crippen molar-refractivity contribution in [2.24, 2.45) is 5.41 Å². The van der Waals surface area contributed by atoms with E-state index in [1.807, 2.05) is 0 Å². The van der Waals surface area contributed by atoms with Gasteiger partial charge in [-0.15, -0.1) is 0 Å². The van der Waals surface area contributed by atoms with Crippen molar-refractivity contribution in [3.63, 3.8) is 0 Å². The molecule has 5 aromatic rings. The molecule has 0 saturated heterocycles. The summed E-state index contributed by atoms with van der Waals surface area (Å²) < 4.78 is 1.31. The van der Waals surface area contributed by atoms with E-state index in [0.29, 0.717) is 5.92 Å². The summed E-state index contributed by atoms with van der Waals surface area (Å²) in [6.45, 7) is 11.6. The molecule has 1 aliphatic carbocycles. The first-order valence-corrected chi connectivity index (χ1v) is 26.1. The summed E-state index contributed by atoms with van der Waals surface area (Å²) in [5.74, 6) is 0.395. The van der Waals surface area contributed by atoms with Gasteiger partial charge in [-0.3, -0.25) is 0 Å². The first-order valence-electron chi connectivity index (χ1n) is 15.7. The first-order chi connectivity index (χ1) is 21.1. The van der Waals surface area contributed by atoms with Gasteiger partial charge in [0, 0.05) is 0 Å². The van der Waals surface area contributed by atoms with Gasteiger partial charge in [-0.05, 0) is 0 Å². The van der Waals surface area contributed by atoms with E-state index >= 15 is 0 Å². The number of allylic oxidation sites excluding steroid dienone is 1. The van der Waals surface area contributed by atoms with Crippen molar-refractivity contribution in [1.82, 2.24) is 0 Å². The van der Waals surface area contributed by atoms with Gasteiger partial charge in [-0.2, -0.15) is 0 Å². The molecule has 2 aliphatic rings. The van der Waals surface area contributed by atoms with Crippen LogP contribution >= 0.6 is 17.0 Å². The molecule has 7 rings (SSSR count). The molecule has 0 bridgehead atoms. The Balaban J connectivity index is 1.49. The Morgan fingerprint density at radius 3 is 2.07 bits per heavy atom. The van der Waals surface area contributed by atoms with Gasteiger partial charge >= 0.3 is 279 Å². The fourth-order valence-corrected chi connectivity index (χ4v) is 24.6. The van der Waals surface area contributed by atoms with Crippen LogP contribution in [0.15, 0.2) is 115 Å². The Bertz CT molecular complexity index is 1930. The third-order valence-corrected chi connectivity index (χ3v) is 23.8. The van der Waals surface area contributed by atoms with Crippen LogP contribution < -0.4 is 13.6 Å². The van der Waals surface area contributed by atoms with E-state index in [1.54, 1.807) is 0 Å². The fourth-order valence-electron chi connectivity index (χ4n) is 7.49. The van der Waals surface area contributed by atoms with E-state index in [4.69, 9.17) is 17.0 Å². The molecule has 4 heteroatoms. The van der Waals surface area contributed by atoms with E-state index in [2.05, 4.69) is 150 Å². The molecule has 44 heavy (non-hydrogen) atoms. The minimum absolute atomic E-state index is 0.0293. The SMILES string of the molecule is CC(C)c1ccccc1-c1c(-c2ccccc2)ccc2c1C=C(C(C)(C)C)[CH]2[Zr]([Cl])([Cl])[c]1cccc2c1[SiH2]c1ccccc1-2. The summed E-state index contributed by atoms with van der Waals surface area (Å²) in [6, 6.07) is 40.1. The Kier molecular flexibility index (Phi) is 7.82. The van der Waals surface area contributed by atoms with E-state index in [1.165, 1.54) is 69.3 Å². The molecular formula is C40H38Cl2SiZr. The van der Waals surface area contributed by atoms with Gasteiger partial charge in [0.1, 0.15) is 0 Å². The van der Waals surface area contributed by atoms with E-state index in [0.717, 1.165) is 0 Å². The second kappa shape index (κ2) is 11.4. The van der Waals surface area contributed by atoms with Crippen LogP contribution in [0.4, 0.5) is 0 Å². The van der Waals surface area contributed by atoms with Gasteiger partial charge in [0.05, 0.1) is 0 Å². The second-order valence-corrected chi connectivity index (χ2v) is 29.5. The van der Waals surface area contributed by atoms with Gasteiger partial charge in [0.2, 0.25) is 0 Å². The fraction of sp³-hybridized carbons (Fsp3) is 0.200. The molecule has 0 saturated carbocycles. The molecule has 0 aromatic heterocycles. The third kappa shape index (κ3) is 4.98. The van der Waals surface area contributed by atoms with Crippen molar-refractivity contribution in [3.05, 3.63) is 131 Å². The third-order valence-electron chi connectivity index (χ3n) is 9.58. The summed E-state index contributed by atoms with van der Waals surface area (Å²) in [4.78, 5) is 0. The summed E-state index contributed by atoms with van der Waals surface area (Å²) >= 11 is -4.13. The molecular weight excluding hydrogens is 671 g/mol. The van der Waals surface area contributed by atoms with Crippen LogP contribution in [0.25, 0.3) is 39.5 Å². The molecule has 0 fully saturated rings. The molecule has 0 radical (unpaired) electrons. The van der Waals surface area contributed by atoms with Crippen LogP contribution in [-0.4, -0.2) is 9.52 Å². The van der Waals surface area contributed by atoms with Gasteiger partial charge in [-0.25, -0.2) is 0 Å². The molecule has 220 valence electrons. The van der Waals surface area contributed by atoms with E-state index in [-0.39, 0.29) is 9.04 Å².